The molecule has 0 bridgehead atoms. The number of amides is 1. The number of rotatable bonds is 8. The Hall–Kier alpha value is -3.38. The summed E-state index contributed by atoms with van der Waals surface area (Å²) in [6.45, 7) is 1.65. The van der Waals surface area contributed by atoms with Crippen LogP contribution >= 0.6 is 0 Å². The van der Waals surface area contributed by atoms with Crippen LogP contribution in [0.25, 0.3) is 0 Å². The molecule has 3 aromatic rings. The molecule has 0 saturated carbocycles. The van der Waals surface area contributed by atoms with E-state index in [-0.39, 0.29) is 5.82 Å². The molecule has 0 spiro atoms. The normalized spacial score (nSPS) is 10.5. The number of carbonyl (C=O) groups is 1. The Labute approximate surface area is 162 Å². The highest BCUT2D eigenvalue weighted by molar-refractivity contribution is 5.64. The van der Waals surface area contributed by atoms with E-state index in [4.69, 9.17) is 9.84 Å². The van der Waals surface area contributed by atoms with Gasteiger partial charge in [0.1, 0.15) is 17.3 Å². The average Bonchev–Trinajstić information content (AvgIpc) is 2.70. The lowest BCUT2D eigenvalue weighted by molar-refractivity contribution is 0.194. The number of halogens is 1. The van der Waals surface area contributed by atoms with Crippen molar-refractivity contribution in [1.29, 1.82) is 0 Å². The zero-order valence-electron chi connectivity index (χ0n) is 15.2. The summed E-state index contributed by atoms with van der Waals surface area (Å²) in [7, 11) is 0. The first-order valence-corrected chi connectivity index (χ1v) is 8.86. The van der Waals surface area contributed by atoms with E-state index < -0.39 is 6.09 Å². The molecule has 0 fully saturated rings. The van der Waals surface area contributed by atoms with Crippen molar-refractivity contribution in [3.63, 3.8) is 0 Å². The molecule has 0 unspecified atom stereocenters. The zero-order valence-corrected chi connectivity index (χ0v) is 15.2. The van der Waals surface area contributed by atoms with Crippen LogP contribution in [0.3, 0.4) is 0 Å². The second-order valence-corrected chi connectivity index (χ2v) is 6.28. The first kappa shape index (κ1) is 19.4. The van der Waals surface area contributed by atoms with Crippen LogP contribution in [-0.2, 0) is 19.6 Å². The molecule has 0 atom stereocenters. The minimum absolute atomic E-state index is 0.290. The van der Waals surface area contributed by atoms with Crippen LogP contribution in [0.2, 0.25) is 0 Å². The van der Waals surface area contributed by atoms with Crippen molar-refractivity contribution >= 4 is 6.09 Å². The van der Waals surface area contributed by atoms with Crippen LogP contribution < -0.4 is 15.4 Å². The summed E-state index contributed by atoms with van der Waals surface area (Å²) in [5.41, 5.74) is 3.11. The SMILES string of the molecule is O=C(O)NCc1cccc(CNCc2ccc(Oc3ccc(F)cc3)cc2)c1. The van der Waals surface area contributed by atoms with Crippen molar-refractivity contribution in [2.45, 2.75) is 19.6 Å². The van der Waals surface area contributed by atoms with E-state index in [1.54, 1.807) is 12.1 Å². The first-order chi connectivity index (χ1) is 13.6. The molecule has 1 amide bonds. The van der Waals surface area contributed by atoms with Gasteiger partial charge in [0.2, 0.25) is 0 Å². The Bertz CT molecular complexity index is 912. The fraction of sp³-hybridized carbons (Fsp3) is 0.136. The van der Waals surface area contributed by atoms with E-state index >= 15 is 0 Å². The van der Waals surface area contributed by atoms with Crippen molar-refractivity contribution < 1.29 is 19.0 Å². The number of benzene rings is 3. The second kappa shape index (κ2) is 9.53. The summed E-state index contributed by atoms with van der Waals surface area (Å²) >= 11 is 0. The highest BCUT2D eigenvalue weighted by atomic mass is 19.1. The third-order valence-electron chi connectivity index (χ3n) is 4.07. The van der Waals surface area contributed by atoms with E-state index in [2.05, 4.69) is 10.6 Å². The molecule has 5 nitrogen and oxygen atoms in total. The summed E-state index contributed by atoms with van der Waals surface area (Å²) < 4.78 is 18.6. The number of ether oxygens (including phenoxy) is 1. The Morgan fingerprint density at radius 1 is 0.821 bits per heavy atom. The zero-order chi connectivity index (χ0) is 19.8. The van der Waals surface area contributed by atoms with Gasteiger partial charge in [0.15, 0.2) is 0 Å². The Morgan fingerprint density at radius 3 is 2.04 bits per heavy atom. The van der Waals surface area contributed by atoms with Crippen molar-refractivity contribution in [3.05, 3.63) is 95.3 Å². The number of carboxylic acid groups (broad SMARTS) is 1. The average molecular weight is 380 g/mol. The van der Waals surface area contributed by atoms with Crippen LogP contribution in [0.15, 0.2) is 72.8 Å². The smallest absolute Gasteiger partial charge is 0.404 e. The van der Waals surface area contributed by atoms with Crippen LogP contribution in [0.1, 0.15) is 16.7 Å². The van der Waals surface area contributed by atoms with Gasteiger partial charge >= 0.3 is 6.09 Å². The number of hydrogen-bond donors (Lipinski definition) is 3. The molecule has 28 heavy (non-hydrogen) atoms. The predicted octanol–water partition coefficient (Wildman–Crippen LogP) is 4.68. The molecule has 0 saturated heterocycles. The lowest BCUT2D eigenvalue weighted by atomic mass is 10.1. The molecule has 144 valence electrons. The van der Waals surface area contributed by atoms with Gasteiger partial charge in [0.25, 0.3) is 0 Å². The van der Waals surface area contributed by atoms with E-state index in [9.17, 15) is 9.18 Å². The van der Waals surface area contributed by atoms with Crippen LogP contribution in [0.5, 0.6) is 11.5 Å². The predicted molar refractivity (Wildman–Crippen MR) is 105 cm³/mol. The fourth-order valence-corrected chi connectivity index (χ4v) is 2.69. The number of nitrogens with one attached hydrogen (secondary N) is 2. The molecule has 0 aliphatic heterocycles. The minimum Gasteiger partial charge on any atom is -0.465 e. The summed E-state index contributed by atoms with van der Waals surface area (Å²) in [5.74, 6) is 0.982. The fourth-order valence-electron chi connectivity index (χ4n) is 2.69. The van der Waals surface area contributed by atoms with Crippen LogP contribution in [0, 0.1) is 5.82 Å². The summed E-state index contributed by atoms with van der Waals surface area (Å²) in [6.07, 6.45) is -1.03. The second-order valence-electron chi connectivity index (χ2n) is 6.28. The topological polar surface area (TPSA) is 70.6 Å². The van der Waals surface area contributed by atoms with Gasteiger partial charge < -0.3 is 20.5 Å². The first-order valence-electron chi connectivity index (χ1n) is 8.86. The molecule has 6 heteroatoms. The van der Waals surface area contributed by atoms with Crippen molar-refractivity contribution in [2.24, 2.45) is 0 Å². The van der Waals surface area contributed by atoms with Gasteiger partial charge in [-0.2, -0.15) is 0 Å². The minimum atomic E-state index is -1.03. The maximum Gasteiger partial charge on any atom is 0.404 e. The quantitative estimate of drug-likeness (QED) is 0.531. The monoisotopic (exact) mass is 380 g/mol. The standard InChI is InChI=1S/C22H21FN2O3/c23-19-6-10-21(11-7-19)28-20-8-4-16(5-9-20)13-24-14-17-2-1-3-18(12-17)15-25-22(26)27/h1-12,24-25H,13-15H2,(H,26,27). The van der Waals surface area contributed by atoms with Crippen molar-refractivity contribution in [2.75, 3.05) is 0 Å². The van der Waals surface area contributed by atoms with E-state index in [1.165, 1.54) is 12.1 Å². The number of hydrogen-bond acceptors (Lipinski definition) is 3. The lowest BCUT2D eigenvalue weighted by Gasteiger charge is -2.09. The van der Waals surface area contributed by atoms with E-state index in [0.29, 0.717) is 31.1 Å². The molecule has 3 aromatic carbocycles. The summed E-state index contributed by atoms with van der Waals surface area (Å²) in [6, 6.07) is 21.4. The van der Waals surface area contributed by atoms with Crippen LogP contribution in [-0.4, -0.2) is 11.2 Å². The largest absolute Gasteiger partial charge is 0.465 e. The van der Waals surface area contributed by atoms with Gasteiger partial charge in [-0.05, 0) is 53.1 Å². The van der Waals surface area contributed by atoms with Gasteiger partial charge in [-0.15, -0.1) is 0 Å². The summed E-state index contributed by atoms with van der Waals surface area (Å²) in [5, 5.41) is 14.4. The maximum atomic E-state index is 12.9. The molecular weight excluding hydrogens is 359 g/mol. The highest BCUT2D eigenvalue weighted by Gasteiger charge is 2.01. The third kappa shape index (κ3) is 6.10. The van der Waals surface area contributed by atoms with Crippen molar-refractivity contribution in [1.82, 2.24) is 10.6 Å². The molecular formula is C22H21FN2O3. The Morgan fingerprint density at radius 2 is 1.39 bits per heavy atom. The van der Waals surface area contributed by atoms with Gasteiger partial charge in [0.05, 0.1) is 0 Å². The molecule has 0 aliphatic rings. The molecule has 0 radical (unpaired) electrons. The third-order valence-corrected chi connectivity index (χ3v) is 4.07. The Kier molecular flexibility index (Phi) is 6.59. The van der Waals surface area contributed by atoms with E-state index in [0.717, 1.165) is 16.7 Å². The van der Waals surface area contributed by atoms with E-state index in [1.807, 2.05) is 48.5 Å². The Balaban J connectivity index is 1.48. The lowest BCUT2D eigenvalue weighted by Crippen LogP contribution is -2.20. The summed E-state index contributed by atoms with van der Waals surface area (Å²) in [4.78, 5) is 10.6. The van der Waals surface area contributed by atoms with Gasteiger partial charge in [-0.25, -0.2) is 9.18 Å². The van der Waals surface area contributed by atoms with Gasteiger partial charge in [-0.1, -0.05) is 36.4 Å². The van der Waals surface area contributed by atoms with Crippen molar-refractivity contribution in [3.8, 4) is 11.5 Å². The molecule has 3 rings (SSSR count). The molecule has 0 heterocycles. The maximum absolute atomic E-state index is 12.9. The molecule has 0 aliphatic carbocycles. The highest BCUT2D eigenvalue weighted by Crippen LogP contribution is 2.21. The van der Waals surface area contributed by atoms with Crippen LogP contribution in [0.4, 0.5) is 9.18 Å². The molecule has 3 N–H and O–H groups in total. The van der Waals surface area contributed by atoms with Gasteiger partial charge in [0, 0.05) is 19.6 Å². The van der Waals surface area contributed by atoms with Gasteiger partial charge in [-0.3, -0.25) is 0 Å². The molecule has 0 aromatic heterocycles.